The molecule has 7 aromatic rings. The zero-order chi connectivity index (χ0) is 65.1. The largest absolute Gasteiger partial charge is 0.400 e. The summed E-state index contributed by atoms with van der Waals surface area (Å²) in [5, 5.41) is 28.7. The zero-order valence-electron chi connectivity index (χ0n) is 52.7. The van der Waals surface area contributed by atoms with E-state index >= 15 is 8.78 Å². The minimum absolute atomic E-state index is 0.00163. The molecule has 8 N–H and O–H groups in total. The van der Waals surface area contributed by atoms with Crippen molar-refractivity contribution in [3.8, 4) is 0 Å². The Morgan fingerprint density at radius 1 is 0.784 bits per heavy atom. The van der Waals surface area contributed by atoms with Gasteiger partial charge in [-0.25, -0.2) is 47.8 Å². The maximum Gasteiger partial charge on any atom is 0.280 e. The van der Waals surface area contributed by atoms with Gasteiger partial charge in [-0.1, -0.05) is 44.2 Å². The van der Waals surface area contributed by atoms with Crippen LogP contribution >= 0.6 is 8.45 Å². The van der Waals surface area contributed by atoms with Crippen molar-refractivity contribution in [1.29, 1.82) is 1.43 Å². The zero-order valence-corrected chi connectivity index (χ0v) is 51.6. The summed E-state index contributed by atoms with van der Waals surface area (Å²) in [7, 11) is -0.188. The fraction of sp³-hybridized carbons (Fsp3) is 0.625. The van der Waals surface area contributed by atoms with Crippen LogP contribution in [0, 0.1) is 19.8 Å². The van der Waals surface area contributed by atoms with Crippen LogP contribution in [-0.2, 0) is 32.9 Å². The van der Waals surface area contributed by atoms with E-state index < -0.39 is 106 Å². The lowest BCUT2D eigenvalue weighted by atomic mass is 9.98. The molecule has 10 heterocycles. The molecule has 0 radical (unpaired) electrons. The van der Waals surface area contributed by atoms with Crippen molar-refractivity contribution >= 4 is 47.9 Å². The van der Waals surface area contributed by atoms with Crippen LogP contribution in [0.2, 0.25) is 0 Å². The summed E-state index contributed by atoms with van der Waals surface area (Å²) in [6, 6.07) is 7.25. The second kappa shape index (κ2) is 30.5. The van der Waals surface area contributed by atoms with Crippen LogP contribution in [0.5, 0.6) is 0 Å². The number of rotatable bonds is 17. The van der Waals surface area contributed by atoms with Crippen molar-refractivity contribution in [3.05, 3.63) is 97.6 Å². The molecule has 0 amide bonds. The molecule has 14 unspecified atom stereocenters. The average molecular weight is 1260 g/mol. The van der Waals surface area contributed by atoms with Gasteiger partial charge in [-0.05, 0) is 61.3 Å². The van der Waals surface area contributed by atoms with E-state index in [0.29, 0.717) is 42.3 Å². The first kappa shape index (κ1) is 64.8. The Balaban J connectivity index is 0.000000177. The molecule has 4 saturated heterocycles. The number of nitrogens with zero attached hydrogens (tertiary/aromatic N) is 10. The highest BCUT2D eigenvalue weighted by atomic mass is 31.2. The molecule has 484 valence electrons. The number of aryl methyl sites for hydroxylation is 2. The number of hydrogen-bond acceptors (Lipinski definition) is 22. The van der Waals surface area contributed by atoms with Gasteiger partial charge in [-0.2, -0.15) is 4.98 Å². The number of H-pyrrole nitrogens is 3. The summed E-state index contributed by atoms with van der Waals surface area (Å²) >= 11 is 0. The number of aliphatic hydroxyl groups is 3. The lowest BCUT2D eigenvalue weighted by Gasteiger charge is -2.44. The molecule has 0 saturated carbocycles. The van der Waals surface area contributed by atoms with Crippen molar-refractivity contribution in [2.24, 2.45) is 5.92 Å². The third kappa shape index (κ3) is 15.2. The van der Waals surface area contributed by atoms with Crippen molar-refractivity contribution in [1.82, 2.24) is 68.3 Å². The van der Waals surface area contributed by atoms with Gasteiger partial charge in [0.1, 0.15) is 48.9 Å². The molecule has 28 nitrogen and oxygen atoms in total. The number of benzene rings is 1. The number of imidazole rings is 3. The third-order valence-corrected chi connectivity index (χ3v) is 17.0. The number of halogens is 3. The van der Waals surface area contributed by atoms with E-state index in [1.54, 1.807) is 23.0 Å². The Morgan fingerprint density at radius 3 is 1.86 bits per heavy atom. The van der Waals surface area contributed by atoms with Crippen molar-refractivity contribution in [2.75, 3.05) is 65.3 Å². The molecule has 4 fully saturated rings. The number of hydrogen-bond donors (Lipinski definition) is 8. The molecular formula is C56H81F3N15O13P. The van der Waals surface area contributed by atoms with Crippen molar-refractivity contribution in [2.45, 2.75) is 161 Å². The number of ether oxygens (including phenoxy) is 6. The first-order valence-corrected chi connectivity index (χ1v) is 30.2. The Morgan fingerprint density at radius 2 is 1.32 bits per heavy atom. The van der Waals surface area contributed by atoms with Crippen LogP contribution in [0.4, 0.5) is 19.1 Å². The van der Waals surface area contributed by atoms with Crippen molar-refractivity contribution in [3.63, 3.8) is 0 Å². The van der Waals surface area contributed by atoms with E-state index in [1.807, 2.05) is 51.1 Å². The molecule has 0 aliphatic carbocycles. The predicted octanol–water partition coefficient (Wildman–Crippen LogP) is 4.29. The van der Waals surface area contributed by atoms with Gasteiger partial charge in [0.2, 0.25) is 7.38 Å². The fourth-order valence-corrected chi connectivity index (χ4v) is 12.4. The molecule has 11 rings (SSSR count). The van der Waals surface area contributed by atoms with E-state index in [1.165, 1.54) is 30.7 Å². The lowest BCUT2D eigenvalue weighted by molar-refractivity contribution is -0.298. The molecule has 4 aliphatic rings. The van der Waals surface area contributed by atoms with Gasteiger partial charge in [0.25, 0.3) is 16.7 Å². The number of aromatic nitrogens is 12. The molecule has 0 spiro atoms. The number of aliphatic hydroxyl groups excluding tert-OH is 3. The summed E-state index contributed by atoms with van der Waals surface area (Å²) in [4.78, 5) is 69.6. The number of anilines is 1. The monoisotopic (exact) mass is 1260 g/mol. The van der Waals surface area contributed by atoms with E-state index in [0.717, 1.165) is 5.56 Å². The van der Waals surface area contributed by atoms with Gasteiger partial charge in [-0.15, -0.1) is 0 Å². The Bertz CT molecular complexity index is 3580. The molecule has 0 bridgehead atoms. The van der Waals surface area contributed by atoms with Gasteiger partial charge in [0.05, 0.1) is 76.2 Å². The topological polar surface area (TPSA) is 343 Å². The van der Waals surface area contributed by atoms with Crippen LogP contribution in [0.15, 0.2) is 63.7 Å². The van der Waals surface area contributed by atoms with Crippen LogP contribution in [-0.4, -0.2) is 207 Å². The Kier molecular flexibility index (Phi) is 22.5. The van der Waals surface area contributed by atoms with Crippen molar-refractivity contribution < 1.29 is 62.8 Å². The van der Waals surface area contributed by atoms with Gasteiger partial charge in [-0.3, -0.25) is 19.4 Å². The molecule has 4 aliphatic heterocycles. The highest BCUT2D eigenvalue weighted by Crippen LogP contribution is 2.46. The molecule has 32 heteroatoms. The quantitative estimate of drug-likeness (QED) is 0.0358. The molecule has 1 aromatic carbocycles. The van der Waals surface area contributed by atoms with Crippen LogP contribution in [0.25, 0.3) is 33.5 Å². The van der Waals surface area contributed by atoms with Crippen LogP contribution in [0.1, 0.15) is 98.4 Å². The maximum absolute atomic E-state index is 16.4. The predicted molar refractivity (Wildman–Crippen MR) is 319 cm³/mol. The van der Waals surface area contributed by atoms with E-state index in [2.05, 4.69) is 92.7 Å². The molecular weight excluding hydrogens is 1180 g/mol. The smallest absolute Gasteiger partial charge is 0.280 e. The molecule has 88 heavy (non-hydrogen) atoms. The lowest BCUT2D eigenvalue weighted by Crippen LogP contribution is -2.54. The summed E-state index contributed by atoms with van der Waals surface area (Å²) in [5.74, 6) is 1.46. The highest BCUT2D eigenvalue weighted by molar-refractivity contribution is 7.47. The second-order valence-electron chi connectivity index (χ2n) is 22.2. The number of fused-ring (bicyclic) bond motifs is 4. The summed E-state index contributed by atoms with van der Waals surface area (Å²) in [6.45, 7) is 18.6. The first-order chi connectivity index (χ1) is 43.1. The van der Waals surface area contributed by atoms with Gasteiger partial charge in [0, 0.05) is 39.3 Å². The van der Waals surface area contributed by atoms with Gasteiger partial charge in [0.15, 0.2) is 66.7 Å². The highest BCUT2D eigenvalue weighted by Gasteiger charge is 2.48. The number of aromatic amines is 3. The maximum atomic E-state index is 16.4. The fourth-order valence-electron chi connectivity index (χ4n) is 10.6. The Labute approximate surface area is 508 Å². The van der Waals surface area contributed by atoms with Gasteiger partial charge < -0.3 is 77.3 Å². The Hall–Kier alpha value is -6.19. The van der Waals surface area contributed by atoms with Gasteiger partial charge >= 0.3 is 0 Å². The number of alkyl halides is 3. The second-order valence-corrected chi connectivity index (χ2v) is 23.7. The van der Waals surface area contributed by atoms with Crippen LogP contribution < -0.4 is 27.1 Å². The first-order valence-electron chi connectivity index (χ1n) is 30.1. The van der Waals surface area contributed by atoms with Crippen LogP contribution in [0.3, 0.4) is 0 Å². The summed E-state index contributed by atoms with van der Waals surface area (Å²) in [6.07, 6.45) is -6.52. The standard InChI is InChI=1S/C24H43FN7O4P.C19H19FN4O4.C12H15FN4O4.CH4O/c1-9-34-13-28-37(32(15(4)5)16(6)7)36-21-17(8)35-11-18(19(21)25)31-12-27-20-22(31)29-24(30-23(20)33)26-10-14(2)3;1-10-22-17-15(18(25)23-10)21-9-24(17)12-7-26-13-8-27-19(28-16(13)14(12)20)11-5-3-2-4-6-11;1-5-15-11-9(12(20)16-5)14-4-17(11)6-3-21-7(2-18)10(19)8(6)13;1-2/h12,14-19,21,28H,9-11,13H2,1-8H3,(H2,26,29,30,33);2-6,9,12-14,16,19H,7-8H2,1H3,(H,22,23,25);4,6-8,10,18-19H,2-3H2,1H3,(H,15,16,20);2H,1H3/i8D;;;2T. The molecule has 6 aromatic heterocycles. The number of nitrogens with one attached hydrogen (secondary N) is 5. The minimum Gasteiger partial charge on any atom is -0.400 e. The summed E-state index contributed by atoms with van der Waals surface area (Å²) in [5.41, 5.74) is 0.909. The molecule has 14 atom stereocenters. The normalized spacial score (nSPS) is 27.1. The van der Waals surface area contributed by atoms with E-state index in [4.69, 9.17) is 40.9 Å². The minimum atomic E-state index is -1.66. The van der Waals surface area contributed by atoms with E-state index in [-0.39, 0.29) is 85.5 Å². The third-order valence-electron chi connectivity index (χ3n) is 14.8. The summed E-state index contributed by atoms with van der Waals surface area (Å²) < 4.78 is 107. The average Bonchev–Trinajstić information content (AvgIpc) is 1.56. The SMILES string of the molecule is Cc1nc2c(ncn2C2COC(CO)C(O)C2F)c(=O)[nH]1.Cc1nc2c(ncn2C2COC3COC(c4ccccc4)OC3C2F)c(=O)[nH]1.[2H]CC1OCC(n2cnc3c(=O)[nH]c(NCC(C)C)nc32)C(F)C1OP(NCOCC)N(C(C)C)C(C)C.[3H]OC. The van der Waals surface area contributed by atoms with E-state index in [9.17, 15) is 23.9 Å².